The Morgan fingerprint density at radius 2 is 2.24 bits per heavy atom. The van der Waals surface area contributed by atoms with Gasteiger partial charge in [0.1, 0.15) is 0 Å². The number of rotatable bonds is 1. The molecule has 2 heterocycles. The van der Waals surface area contributed by atoms with Crippen molar-refractivity contribution in [1.82, 2.24) is 9.99 Å². The van der Waals surface area contributed by atoms with Gasteiger partial charge in [-0.1, -0.05) is 26.8 Å². The molecule has 90 valence electrons. The summed E-state index contributed by atoms with van der Waals surface area (Å²) in [7, 11) is 0. The fraction of sp³-hybridized carbons (Fsp3) is 0.462. The molecule has 0 spiro atoms. The molecule has 17 heavy (non-hydrogen) atoms. The summed E-state index contributed by atoms with van der Waals surface area (Å²) < 4.78 is 0. The summed E-state index contributed by atoms with van der Waals surface area (Å²) >= 11 is 0. The molecule has 1 aromatic rings. The summed E-state index contributed by atoms with van der Waals surface area (Å²) in [5, 5.41) is 5.77. The first-order chi connectivity index (χ1) is 8.00. The van der Waals surface area contributed by atoms with Crippen molar-refractivity contribution in [2.24, 2.45) is 10.5 Å². The van der Waals surface area contributed by atoms with E-state index in [1.807, 2.05) is 32.9 Å². The summed E-state index contributed by atoms with van der Waals surface area (Å²) in [4.78, 5) is 16.3. The van der Waals surface area contributed by atoms with Crippen LogP contribution in [0.3, 0.4) is 0 Å². The number of amides is 1. The van der Waals surface area contributed by atoms with Crippen molar-refractivity contribution >= 4 is 12.1 Å². The zero-order valence-electron chi connectivity index (χ0n) is 10.4. The van der Waals surface area contributed by atoms with E-state index in [0.717, 1.165) is 12.0 Å². The Bertz CT molecular complexity index is 434. The SMILES string of the molecule is CC(C)(C)C(=O)N1N=CCC1c1cccnc1. The standard InChI is InChI=1S/C13H17N3O/c1-13(2,3)12(17)16-11(6-8-15-16)10-5-4-7-14-9-10/h4-5,7-9,11H,6H2,1-3H3. The molecule has 1 aliphatic heterocycles. The van der Waals surface area contributed by atoms with Crippen molar-refractivity contribution in [3.63, 3.8) is 0 Å². The van der Waals surface area contributed by atoms with Gasteiger partial charge in [0.05, 0.1) is 6.04 Å². The van der Waals surface area contributed by atoms with E-state index < -0.39 is 5.41 Å². The highest BCUT2D eigenvalue weighted by Crippen LogP contribution is 2.31. The average Bonchev–Trinajstić information content (AvgIpc) is 2.76. The van der Waals surface area contributed by atoms with Crippen LogP contribution in [0.1, 0.15) is 38.8 Å². The van der Waals surface area contributed by atoms with Crippen LogP contribution >= 0.6 is 0 Å². The van der Waals surface area contributed by atoms with E-state index in [1.165, 1.54) is 0 Å². The number of hydrazone groups is 1. The van der Waals surface area contributed by atoms with Crippen LogP contribution in [0.25, 0.3) is 0 Å². The second-order valence-corrected chi connectivity index (χ2v) is 5.24. The highest BCUT2D eigenvalue weighted by Gasteiger charge is 2.34. The molecule has 1 aromatic heterocycles. The molecule has 1 aliphatic rings. The Kier molecular flexibility index (Phi) is 2.96. The number of carbonyl (C=O) groups is 1. The van der Waals surface area contributed by atoms with Crippen LogP contribution in [-0.4, -0.2) is 22.1 Å². The maximum Gasteiger partial charge on any atom is 0.248 e. The number of hydrogen-bond acceptors (Lipinski definition) is 3. The Morgan fingerprint density at radius 3 is 2.82 bits per heavy atom. The van der Waals surface area contributed by atoms with Crippen LogP contribution in [0.15, 0.2) is 29.6 Å². The summed E-state index contributed by atoms with van der Waals surface area (Å²) in [5.74, 6) is 0.0418. The van der Waals surface area contributed by atoms with Crippen LogP contribution in [-0.2, 0) is 4.79 Å². The van der Waals surface area contributed by atoms with Crippen molar-refractivity contribution < 1.29 is 4.79 Å². The zero-order chi connectivity index (χ0) is 12.5. The molecule has 0 N–H and O–H groups in total. The minimum Gasteiger partial charge on any atom is -0.272 e. The first kappa shape index (κ1) is 11.8. The maximum atomic E-state index is 12.2. The minimum absolute atomic E-state index is 0.00424. The fourth-order valence-electron chi connectivity index (χ4n) is 1.80. The van der Waals surface area contributed by atoms with Crippen molar-refractivity contribution in [2.75, 3.05) is 0 Å². The van der Waals surface area contributed by atoms with Crippen molar-refractivity contribution in [3.8, 4) is 0 Å². The van der Waals surface area contributed by atoms with Crippen molar-refractivity contribution in [3.05, 3.63) is 30.1 Å². The quantitative estimate of drug-likeness (QED) is 0.745. The van der Waals surface area contributed by atoms with Crippen LogP contribution < -0.4 is 0 Å². The molecule has 0 fully saturated rings. The predicted octanol–water partition coefficient (Wildman–Crippen LogP) is 2.39. The first-order valence-electron chi connectivity index (χ1n) is 5.76. The molecule has 0 radical (unpaired) electrons. The van der Waals surface area contributed by atoms with E-state index >= 15 is 0 Å². The topological polar surface area (TPSA) is 45.6 Å². The molecular weight excluding hydrogens is 214 g/mol. The van der Waals surface area contributed by atoms with Gasteiger partial charge >= 0.3 is 0 Å². The van der Waals surface area contributed by atoms with E-state index in [1.54, 1.807) is 23.6 Å². The molecule has 0 bridgehead atoms. The number of pyridine rings is 1. The Labute approximate surface area is 101 Å². The number of carbonyl (C=O) groups excluding carboxylic acids is 1. The van der Waals surface area contributed by atoms with Gasteiger partial charge < -0.3 is 0 Å². The van der Waals surface area contributed by atoms with E-state index in [-0.39, 0.29) is 11.9 Å². The van der Waals surface area contributed by atoms with Crippen LogP contribution in [0.4, 0.5) is 0 Å². The highest BCUT2D eigenvalue weighted by atomic mass is 16.2. The molecule has 4 heteroatoms. The number of nitrogens with zero attached hydrogens (tertiary/aromatic N) is 3. The van der Waals surface area contributed by atoms with Gasteiger partial charge in [0.15, 0.2) is 0 Å². The van der Waals surface area contributed by atoms with Gasteiger partial charge in [-0.05, 0) is 11.6 Å². The van der Waals surface area contributed by atoms with Crippen LogP contribution in [0.2, 0.25) is 0 Å². The molecular formula is C13H17N3O. The summed E-state index contributed by atoms with van der Waals surface area (Å²) in [5.41, 5.74) is 0.616. The van der Waals surface area contributed by atoms with Gasteiger partial charge in [0.2, 0.25) is 5.91 Å². The van der Waals surface area contributed by atoms with Gasteiger partial charge in [-0.3, -0.25) is 9.78 Å². The lowest BCUT2D eigenvalue weighted by atomic mass is 9.94. The molecule has 0 saturated carbocycles. The Hall–Kier alpha value is -1.71. The molecule has 1 unspecified atom stereocenters. The van der Waals surface area contributed by atoms with Crippen molar-refractivity contribution in [2.45, 2.75) is 33.2 Å². The fourth-order valence-corrected chi connectivity index (χ4v) is 1.80. The lowest BCUT2D eigenvalue weighted by Crippen LogP contribution is -2.36. The van der Waals surface area contributed by atoms with Crippen molar-refractivity contribution in [1.29, 1.82) is 0 Å². The average molecular weight is 231 g/mol. The van der Waals surface area contributed by atoms with Crippen LogP contribution in [0.5, 0.6) is 0 Å². The van der Waals surface area contributed by atoms with E-state index in [2.05, 4.69) is 10.1 Å². The summed E-state index contributed by atoms with van der Waals surface area (Å²) in [6.07, 6.45) is 6.08. The lowest BCUT2D eigenvalue weighted by Gasteiger charge is -2.28. The molecule has 1 atom stereocenters. The second kappa shape index (κ2) is 4.28. The third-order valence-electron chi connectivity index (χ3n) is 2.75. The molecule has 2 rings (SSSR count). The van der Waals surface area contributed by atoms with Gasteiger partial charge in [-0.2, -0.15) is 5.10 Å². The van der Waals surface area contributed by atoms with E-state index in [0.29, 0.717) is 0 Å². The monoisotopic (exact) mass is 231 g/mol. The van der Waals surface area contributed by atoms with E-state index in [4.69, 9.17) is 0 Å². The zero-order valence-corrected chi connectivity index (χ0v) is 10.4. The molecule has 1 amide bonds. The Balaban J connectivity index is 2.24. The van der Waals surface area contributed by atoms with Gasteiger partial charge in [0, 0.05) is 30.4 Å². The molecule has 0 aromatic carbocycles. The first-order valence-corrected chi connectivity index (χ1v) is 5.76. The Morgan fingerprint density at radius 1 is 1.47 bits per heavy atom. The van der Waals surface area contributed by atoms with Gasteiger partial charge in [-0.25, -0.2) is 5.01 Å². The smallest absolute Gasteiger partial charge is 0.248 e. The normalized spacial score (nSPS) is 19.7. The van der Waals surface area contributed by atoms with Gasteiger partial charge in [-0.15, -0.1) is 0 Å². The lowest BCUT2D eigenvalue weighted by molar-refractivity contribution is -0.141. The van der Waals surface area contributed by atoms with E-state index in [9.17, 15) is 4.79 Å². The summed E-state index contributed by atoms with van der Waals surface area (Å²) in [6.45, 7) is 5.72. The largest absolute Gasteiger partial charge is 0.272 e. The minimum atomic E-state index is -0.415. The second-order valence-electron chi connectivity index (χ2n) is 5.24. The molecule has 0 aliphatic carbocycles. The van der Waals surface area contributed by atoms with Gasteiger partial charge in [0.25, 0.3) is 0 Å². The molecule has 4 nitrogen and oxygen atoms in total. The van der Waals surface area contributed by atoms with Crippen LogP contribution in [0, 0.1) is 5.41 Å². The predicted molar refractivity (Wildman–Crippen MR) is 66.4 cm³/mol. The third kappa shape index (κ3) is 2.35. The third-order valence-corrected chi connectivity index (χ3v) is 2.75. The molecule has 0 saturated heterocycles. The highest BCUT2D eigenvalue weighted by molar-refractivity contribution is 5.84. The summed E-state index contributed by atoms with van der Waals surface area (Å²) in [6, 6.07) is 3.86. The maximum absolute atomic E-state index is 12.2. The number of hydrogen-bond donors (Lipinski definition) is 0. The number of aromatic nitrogens is 1.